The first-order valence-electron chi connectivity index (χ1n) is 8.93. The predicted octanol–water partition coefficient (Wildman–Crippen LogP) is 3.28. The first-order chi connectivity index (χ1) is 11.7. The molecular weight excluding hydrogens is 302 g/mol. The van der Waals surface area contributed by atoms with Crippen molar-refractivity contribution in [3.8, 4) is 17.1 Å². The molecule has 2 nitrogen and oxygen atoms in total. The predicted molar refractivity (Wildman–Crippen MR) is 112 cm³/mol. The summed E-state index contributed by atoms with van der Waals surface area (Å²) in [5, 5.41) is 0.101. The number of imidazole rings is 1. The van der Waals surface area contributed by atoms with Crippen LogP contribution in [0.4, 0.5) is 0 Å². The van der Waals surface area contributed by atoms with E-state index in [9.17, 15) is 0 Å². The van der Waals surface area contributed by atoms with Gasteiger partial charge in [0.25, 0.3) is 0 Å². The van der Waals surface area contributed by atoms with E-state index in [4.69, 9.17) is 0 Å². The zero-order valence-corrected chi connectivity index (χ0v) is 16.2. The van der Waals surface area contributed by atoms with Gasteiger partial charge in [0.1, 0.15) is 21.5 Å². The van der Waals surface area contributed by atoms with Crippen LogP contribution in [-0.4, -0.2) is 25.2 Å². The van der Waals surface area contributed by atoms with Crippen molar-refractivity contribution >= 4 is 15.7 Å². The van der Waals surface area contributed by atoms with E-state index < -0.39 is 0 Å². The summed E-state index contributed by atoms with van der Waals surface area (Å²) in [4.78, 5) is 4.67. The second-order valence-corrected chi connectivity index (χ2v) is 8.69. The third kappa shape index (κ3) is 3.44. The normalized spacial score (nSPS) is 12.3. The highest BCUT2D eigenvalue weighted by Crippen LogP contribution is 2.36. The van der Waals surface area contributed by atoms with Gasteiger partial charge in [-0.15, -0.1) is 0 Å². The highest BCUT2D eigenvalue weighted by molar-refractivity contribution is 6.17. The Hall–Kier alpha value is -2.22. The van der Waals surface area contributed by atoms with Crippen LogP contribution in [0.15, 0.2) is 60.9 Å². The lowest BCUT2D eigenvalue weighted by molar-refractivity contribution is 0.719. The fourth-order valence-corrected chi connectivity index (χ4v) is 3.30. The second-order valence-electron chi connectivity index (χ2n) is 8.69. The molecule has 4 heteroatoms. The largest absolute Gasteiger partial charge is 0.299 e. The van der Waals surface area contributed by atoms with E-state index in [-0.39, 0.29) is 10.6 Å². The molecule has 3 aromatic rings. The van der Waals surface area contributed by atoms with Crippen molar-refractivity contribution in [3.63, 3.8) is 0 Å². The van der Waals surface area contributed by atoms with Crippen LogP contribution in [0.3, 0.4) is 0 Å². The topological polar surface area (TPSA) is 17.8 Å². The van der Waals surface area contributed by atoms with Crippen LogP contribution >= 0.6 is 0 Å². The molecule has 0 N–H and O–H groups in total. The lowest BCUT2D eigenvalue weighted by atomic mass is 9.62. The van der Waals surface area contributed by atoms with E-state index in [2.05, 4.69) is 102 Å². The number of hydrogen-bond donors (Lipinski definition) is 0. The monoisotopic (exact) mass is 328 g/mol. The minimum absolute atomic E-state index is 0.0504. The Morgan fingerprint density at radius 3 is 1.88 bits per heavy atom. The van der Waals surface area contributed by atoms with Crippen molar-refractivity contribution < 1.29 is 0 Å². The lowest BCUT2D eigenvalue weighted by Gasteiger charge is -2.31. The minimum atomic E-state index is 0.0504. The SMILES string of the molecule is BC(C)(C)c1cccc(C(B)(C)C)c1-n1ccnc1-c1ccccc1. The van der Waals surface area contributed by atoms with Gasteiger partial charge in [0.2, 0.25) is 0 Å². The van der Waals surface area contributed by atoms with E-state index in [0.717, 1.165) is 11.4 Å². The van der Waals surface area contributed by atoms with E-state index in [1.54, 1.807) is 0 Å². The van der Waals surface area contributed by atoms with Crippen LogP contribution in [0.2, 0.25) is 0 Å². The summed E-state index contributed by atoms with van der Waals surface area (Å²) >= 11 is 0. The van der Waals surface area contributed by atoms with Gasteiger partial charge in [-0.05, 0) is 21.8 Å². The Morgan fingerprint density at radius 2 is 1.36 bits per heavy atom. The van der Waals surface area contributed by atoms with E-state index in [0.29, 0.717) is 0 Å². The standard InChI is InChI=1S/C21H26B2N2/c1-20(2,22)16-11-8-12-17(21(3,4)23)18(16)25-14-13-24-19(25)15-9-6-5-7-10-15/h5-14H,22-23H2,1-4H3. The quantitative estimate of drug-likeness (QED) is 0.672. The molecule has 0 saturated heterocycles. The van der Waals surface area contributed by atoms with Gasteiger partial charge < -0.3 is 0 Å². The average molecular weight is 328 g/mol. The van der Waals surface area contributed by atoms with Crippen molar-refractivity contribution in [2.75, 3.05) is 0 Å². The zero-order valence-electron chi connectivity index (χ0n) is 16.2. The molecule has 2 aromatic carbocycles. The molecule has 0 aliphatic heterocycles. The maximum Gasteiger partial charge on any atom is 0.144 e. The Balaban J connectivity index is 2.33. The lowest BCUT2D eigenvalue weighted by Crippen LogP contribution is -2.25. The van der Waals surface area contributed by atoms with Gasteiger partial charge in [0, 0.05) is 18.0 Å². The van der Waals surface area contributed by atoms with Gasteiger partial charge in [-0.3, -0.25) is 4.57 Å². The molecule has 0 unspecified atom stereocenters. The second kappa shape index (κ2) is 6.25. The Bertz CT molecular complexity index is 837. The molecule has 0 radical (unpaired) electrons. The van der Waals surface area contributed by atoms with Crippen LogP contribution < -0.4 is 0 Å². The summed E-state index contributed by atoms with van der Waals surface area (Å²) in [6.45, 7) is 9.10. The van der Waals surface area contributed by atoms with Crippen molar-refractivity contribution in [3.05, 3.63) is 72.1 Å². The maximum absolute atomic E-state index is 4.67. The van der Waals surface area contributed by atoms with Crippen LogP contribution in [0.1, 0.15) is 38.8 Å². The molecule has 0 aliphatic carbocycles. The first-order valence-corrected chi connectivity index (χ1v) is 8.93. The summed E-state index contributed by atoms with van der Waals surface area (Å²) in [7, 11) is 4.55. The number of hydrogen-bond acceptors (Lipinski definition) is 1. The van der Waals surface area contributed by atoms with E-state index in [1.807, 2.05) is 12.3 Å². The highest BCUT2D eigenvalue weighted by Gasteiger charge is 2.27. The molecule has 0 spiro atoms. The Kier molecular flexibility index (Phi) is 4.40. The van der Waals surface area contributed by atoms with Crippen LogP contribution in [-0.2, 0) is 10.6 Å². The number of aromatic nitrogens is 2. The van der Waals surface area contributed by atoms with Crippen LogP contribution in [0, 0.1) is 0 Å². The van der Waals surface area contributed by atoms with E-state index in [1.165, 1.54) is 16.8 Å². The fraction of sp³-hybridized carbons (Fsp3) is 0.286. The van der Waals surface area contributed by atoms with Gasteiger partial charge in [-0.1, -0.05) is 76.2 Å². The molecule has 0 amide bonds. The molecule has 0 aliphatic rings. The van der Waals surface area contributed by atoms with Crippen molar-refractivity contribution in [1.82, 2.24) is 9.55 Å². The summed E-state index contributed by atoms with van der Waals surface area (Å²) < 4.78 is 2.26. The first kappa shape index (κ1) is 17.6. The smallest absolute Gasteiger partial charge is 0.144 e. The molecular formula is C21H26B2N2. The molecule has 1 aromatic heterocycles. The summed E-state index contributed by atoms with van der Waals surface area (Å²) in [6, 6.07) is 17.1. The zero-order chi connectivity index (χ0) is 18.2. The fourth-order valence-electron chi connectivity index (χ4n) is 3.30. The van der Waals surface area contributed by atoms with Gasteiger partial charge in [-0.2, -0.15) is 0 Å². The van der Waals surface area contributed by atoms with Crippen LogP contribution in [0.5, 0.6) is 0 Å². The minimum Gasteiger partial charge on any atom is -0.299 e. The Morgan fingerprint density at radius 1 is 0.800 bits per heavy atom. The molecule has 3 rings (SSSR count). The third-order valence-electron chi connectivity index (χ3n) is 4.57. The Labute approximate surface area is 153 Å². The molecule has 0 fully saturated rings. The van der Waals surface area contributed by atoms with Gasteiger partial charge in [0.15, 0.2) is 0 Å². The number of para-hydroxylation sites is 1. The summed E-state index contributed by atoms with van der Waals surface area (Å²) in [5.74, 6) is 0.989. The average Bonchev–Trinajstić information content (AvgIpc) is 3.02. The molecule has 126 valence electrons. The maximum atomic E-state index is 4.67. The van der Waals surface area contributed by atoms with E-state index >= 15 is 0 Å². The molecule has 1 heterocycles. The molecule has 0 saturated carbocycles. The molecule has 0 bridgehead atoms. The van der Waals surface area contributed by atoms with Crippen molar-refractivity contribution in [2.45, 2.75) is 38.3 Å². The van der Waals surface area contributed by atoms with Crippen molar-refractivity contribution in [2.24, 2.45) is 0 Å². The number of nitrogens with zero attached hydrogens (tertiary/aromatic N) is 2. The van der Waals surface area contributed by atoms with Gasteiger partial charge in [-0.25, -0.2) is 4.98 Å². The van der Waals surface area contributed by atoms with Gasteiger partial charge in [0.05, 0.1) is 5.69 Å². The molecule has 25 heavy (non-hydrogen) atoms. The van der Waals surface area contributed by atoms with Crippen molar-refractivity contribution in [1.29, 1.82) is 0 Å². The number of rotatable bonds is 4. The van der Waals surface area contributed by atoms with Crippen LogP contribution in [0.25, 0.3) is 17.1 Å². The molecule has 0 atom stereocenters. The van der Waals surface area contributed by atoms with Gasteiger partial charge >= 0.3 is 0 Å². The third-order valence-corrected chi connectivity index (χ3v) is 4.57. The highest BCUT2D eigenvalue weighted by atomic mass is 15.1. The summed E-state index contributed by atoms with van der Waals surface area (Å²) in [5.41, 5.74) is 5.08. The number of benzene rings is 2. The summed E-state index contributed by atoms with van der Waals surface area (Å²) in [6.07, 6.45) is 3.98.